The van der Waals surface area contributed by atoms with Gasteiger partial charge in [0, 0.05) is 12.6 Å². The largest absolute Gasteiger partial charge is 0.447 e. The van der Waals surface area contributed by atoms with Gasteiger partial charge < -0.3 is 4.74 Å². The van der Waals surface area contributed by atoms with Crippen molar-refractivity contribution < 1.29 is 17.9 Å². The Morgan fingerprint density at radius 1 is 1.35 bits per heavy atom. The van der Waals surface area contributed by atoms with Crippen molar-refractivity contribution in [2.24, 2.45) is 10.8 Å². The van der Waals surface area contributed by atoms with E-state index in [1.165, 1.54) is 24.3 Å². The molecular weight excluding hydrogens is 352 g/mol. The van der Waals surface area contributed by atoms with Crippen LogP contribution in [0.1, 0.15) is 50.4 Å². The summed E-state index contributed by atoms with van der Waals surface area (Å²) in [5.41, 5.74) is 0.239. The molecule has 1 aliphatic heterocycles. The summed E-state index contributed by atoms with van der Waals surface area (Å²) in [5.74, 6) is -0.697. The van der Waals surface area contributed by atoms with E-state index in [9.17, 15) is 13.2 Å². The van der Waals surface area contributed by atoms with Gasteiger partial charge in [-0.2, -0.15) is 9.57 Å². The molecule has 2 unspecified atom stereocenters. The highest BCUT2D eigenvalue weighted by Gasteiger charge is 2.53. The lowest BCUT2D eigenvalue weighted by Crippen LogP contribution is -2.37. The van der Waals surface area contributed by atoms with Gasteiger partial charge in [0.25, 0.3) is 0 Å². The van der Waals surface area contributed by atoms with Crippen LogP contribution < -0.4 is 0 Å². The van der Waals surface area contributed by atoms with E-state index in [0.717, 1.165) is 19.3 Å². The molecule has 1 aromatic carbocycles. The maximum atomic E-state index is 13.2. The maximum absolute atomic E-state index is 13.2. The molecule has 1 aliphatic carbocycles. The molecule has 7 heteroatoms. The fraction of sp³-hybridized carbons (Fsp3) is 0.579. The van der Waals surface area contributed by atoms with Crippen molar-refractivity contribution in [3.63, 3.8) is 0 Å². The Bertz CT molecular complexity index is 872. The van der Waals surface area contributed by atoms with Crippen LogP contribution in [0.2, 0.25) is 0 Å². The summed E-state index contributed by atoms with van der Waals surface area (Å²) in [6.45, 7) is 6.69. The Balaban J connectivity index is 1.90. The van der Waals surface area contributed by atoms with Crippen LogP contribution in [0.25, 0.3) is 0 Å². The molecule has 1 heterocycles. The molecule has 2 fully saturated rings. The number of fused-ring (bicyclic) bond motifs is 2. The number of sulfonamides is 1. The molecule has 140 valence electrons. The van der Waals surface area contributed by atoms with Crippen molar-refractivity contribution in [3.8, 4) is 6.07 Å². The SMILES string of the molecule is CC1(C)CC2CC(C)(CN2S(=O)(=O)c2cccc(C(=O)OCC#N)c2)C1. The average molecular weight is 376 g/mol. The average Bonchev–Trinajstić information content (AvgIpc) is 2.82. The molecule has 0 amide bonds. The summed E-state index contributed by atoms with van der Waals surface area (Å²) in [7, 11) is -3.70. The Labute approximate surface area is 154 Å². The molecule has 0 spiro atoms. The number of benzene rings is 1. The Hall–Kier alpha value is -1.91. The first-order valence-corrected chi connectivity index (χ1v) is 10.2. The number of carbonyl (C=O) groups is 1. The fourth-order valence-corrected chi connectivity index (χ4v) is 6.61. The van der Waals surface area contributed by atoms with E-state index < -0.39 is 16.0 Å². The van der Waals surface area contributed by atoms with Crippen LogP contribution in [0, 0.1) is 22.2 Å². The quantitative estimate of drug-likeness (QED) is 0.754. The standard InChI is InChI=1S/C19H24N2O4S/c1-18(2)10-15-11-19(3,12-18)13-21(15)26(23,24)16-6-4-5-14(9-16)17(22)25-8-7-20/h4-6,9,15H,8,10-13H2,1-3H3. The highest BCUT2D eigenvalue weighted by atomic mass is 32.2. The lowest BCUT2D eigenvalue weighted by atomic mass is 9.65. The first-order chi connectivity index (χ1) is 12.1. The van der Waals surface area contributed by atoms with Gasteiger partial charge in [-0.3, -0.25) is 0 Å². The van der Waals surface area contributed by atoms with Crippen molar-refractivity contribution >= 4 is 16.0 Å². The smallest absolute Gasteiger partial charge is 0.339 e. The van der Waals surface area contributed by atoms with Crippen LogP contribution in [-0.4, -0.2) is 37.9 Å². The van der Waals surface area contributed by atoms with Crippen molar-refractivity contribution in [1.82, 2.24) is 4.31 Å². The molecule has 26 heavy (non-hydrogen) atoms. The van der Waals surface area contributed by atoms with E-state index in [0.29, 0.717) is 6.54 Å². The first-order valence-electron chi connectivity index (χ1n) is 8.72. The van der Waals surface area contributed by atoms with Crippen LogP contribution in [0.5, 0.6) is 0 Å². The zero-order chi connectivity index (χ0) is 19.2. The highest BCUT2D eigenvalue weighted by molar-refractivity contribution is 7.89. The van der Waals surface area contributed by atoms with Gasteiger partial charge in [-0.25, -0.2) is 13.2 Å². The first kappa shape index (κ1) is 18.9. The van der Waals surface area contributed by atoms with Gasteiger partial charge in [0.1, 0.15) is 6.07 Å². The van der Waals surface area contributed by atoms with E-state index >= 15 is 0 Å². The monoisotopic (exact) mass is 376 g/mol. The summed E-state index contributed by atoms with van der Waals surface area (Å²) in [5, 5.41) is 8.51. The third-order valence-corrected chi connectivity index (χ3v) is 7.21. The predicted octanol–water partition coefficient (Wildman–Crippen LogP) is 2.96. The van der Waals surface area contributed by atoms with Crippen LogP contribution >= 0.6 is 0 Å². The molecule has 1 aromatic rings. The molecular formula is C19H24N2O4S. The Morgan fingerprint density at radius 3 is 2.77 bits per heavy atom. The third-order valence-electron chi connectivity index (χ3n) is 5.31. The van der Waals surface area contributed by atoms with Crippen LogP contribution in [0.4, 0.5) is 0 Å². The van der Waals surface area contributed by atoms with Crippen molar-refractivity contribution in [3.05, 3.63) is 29.8 Å². The van der Waals surface area contributed by atoms with E-state index in [2.05, 4.69) is 20.8 Å². The van der Waals surface area contributed by atoms with Gasteiger partial charge in [-0.1, -0.05) is 26.8 Å². The summed E-state index contributed by atoms with van der Waals surface area (Å²) < 4.78 is 32.9. The van der Waals surface area contributed by atoms with E-state index in [-0.39, 0.29) is 33.9 Å². The second-order valence-corrected chi connectivity index (χ2v) is 10.4. The van der Waals surface area contributed by atoms with Crippen LogP contribution in [0.15, 0.2) is 29.2 Å². The molecule has 6 nitrogen and oxygen atoms in total. The minimum atomic E-state index is -3.70. The minimum absolute atomic E-state index is 0.0111. The Morgan fingerprint density at radius 2 is 2.08 bits per heavy atom. The number of hydrogen-bond acceptors (Lipinski definition) is 5. The maximum Gasteiger partial charge on any atom is 0.339 e. The summed E-state index contributed by atoms with van der Waals surface area (Å²) >= 11 is 0. The van der Waals surface area contributed by atoms with Crippen molar-refractivity contribution in [2.75, 3.05) is 13.2 Å². The summed E-state index contributed by atoms with van der Waals surface area (Å²) in [6.07, 6.45) is 2.72. The fourth-order valence-electron chi connectivity index (χ4n) is 4.79. The van der Waals surface area contributed by atoms with Gasteiger partial charge in [0.2, 0.25) is 10.0 Å². The van der Waals surface area contributed by atoms with Crippen molar-refractivity contribution in [2.45, 2.75) is 51.0 Å². The van der Waals surface area contributed by atoms with E-state index in [4.69, 9.17) is 10.00 Å². The normalized spacial score (nSPS) is 27.7. The molecule has 2 aliphatic rings. The van der Waals surface area contributed by atoms with Gasteiger partial charge in [-0.05, 0) is 48.3 Å². The zero-order valence-electron chi connectivity index (χ0n) is 15.4. The number of rotatable bonds is 4. The summed E-state index contributed by atoms with van der Waals surface area (Å²) in [4.78, 5) is 12.0. The summed E-state index contributed by atoms with van der Waals surface area (Å²) in [6, 6.07) is 7.58. The molecule has 3 rings (SSSR count). The molecule has 2 bridgehead atoms. The molecule has 0 aromatic heterocycles. The highest BCUT2D eigenvalue weighted by Crippen LogP contribution is 2.53. The van der Waals surface area contributed by atoms with E-state index in [1.807, 2.05) is 0 Å². The van der Waals surface area contributed by atoms with Gasteiger partial charge in [-0.15, -0.1) is 0 Å². The molecule has 1 saturated heterocycles. The minimum Gasteiger partial charge on any atom is -0.447 e. The number of hydrogen-bond donors (Lipinski definition) is 0. The van der Waals surface area contributed by atoms with Gasteiger partial charge >= 0.3 is 5.97 Å². The Kier molecular flexibility index (Phi) is 4.62. The van der Waals surface area contributed by atoms with Crippen LogP contribution in [-0.2, 0) is 14.8 Å². The van der Waals surface area contributed by atoms with E-state index in [1.54, 1.807) is 10.4 Å². The number of nitrogens with zero attached hydrogens (tertiary/aromatic N) is 2. The molecule has 1 saturated carbocycles. The number of esters is 1. The molecule has 0 N–H and O–H groups in total. The predicted molar refractivity (Wildman–Crippen MR) is 95.8 cm³/mol. The number of carbonyl (C=O) groups excluding carboxylic acids is 1. The van der Waals surface area contributed by atoms with Crippen molar-refractivity contribution in [1.29, 1.82) is 5.26 Å². The van der Waals surface area contributed by atoms with Gasteiger partial charge in [0.05, 0.1) is 10.5 Å². The lowest BCUT2D eigenvalue weighted by Gasteiger charge is -2.39. The second-order valence-electron chi connectivity index (χ2n) is 8.53. The lowest BCUT2D eigenvalue weighted by molar-refractivity contribution is 0.0554. The van der Waals surface area contributed by atoms with Gasteiger partial charge in [0.15, 0.2) is 6.61 Å². The number of nitriles is 1. The van der Waals surface area contributed by atoms with Crippen LogP contribution in [0.3, 0.4) is 0 Å². The second kappa shape index (κ2) is 6.36. The number of ether oxygens (including phenoxy) is 1. The molecule has 2 atom stereocenters. The third kappa shape index (κ3) is 3.49. The molecule has 0 radical (unpaired) electrons. The zero-order valence-corrected chi connectivity index (χ0v) is 16.2. The topological polar surface area (TPSA) is 87.5 Å².